The summed E-state index contributed by atoms with van der Waals surface area (Å²) >= 11 is 0. The van der Waals surface area contributed by atoms with Crippen LogP contribution in [0.25, 0.3) is 16.7 Å². The number of hydrogen-bond acceptors (Lipinski definition) is 4. The van der Waals surface area contributed by atoms with Gasteiger partial charge >= 0.3 is 0 Å². The quantitative estimate of drug-likeness (QED) is 0.761. The Balaban J connectivity index is 2.32. The largest absolute Gasteiger partial charge is 0.506 e. The minimum Gasteiger partial charge on any atom is -0.506 e. The first-order valence-electron chi connectivity index (χ1n) is 5.97. The second kappa shape index (κ2) is 4.28. The van der Waals surface area contributed by atoms with Crippen molar-refractivity contribution < 1.29 is 5.11 Å². The molecule has 0 unspecified atom stereocenters. The fourth-order valence-corrected chi connectivity index (χ4v) is 2.06. The van der Waals surface area contributed by atoms with Gasteiger partial charge in [-0.1, -0.05) is 18.2 Å². The van der Waals surface area contributed by atoms with Crippen molar-refractivity contribution in [2.24, 2.45) is 0 Å². The van der Waals surface area contributed by atoms with Crippen molar-refractivity contribution in [1.29, 1.82) is 0 Å². The highest BCUT2D eigenvalue weighted by atomic mass is 16.3. The Bertz CT molecular complexity index is 719. The normalized spacial score (nSPS) is 10.8. The van der Waals surface area contributed by atoms with Gasteiger partial charge in [-0.3, -0.25) is 0 Å². The molecule has 0 saturated carbocycles. The van der Waals surface area contributed by atoms with E-state index in [2.05, 4.69) is 10.1 Å². The zero-order chi connectivity index (χ0) is 13.4. The van der Waals surface area contributed by atoms with Crippen LogP contribution in [0.5, 0.6) is 5.75 Å². The summed E-state index contributed by atoms with van der Waals surface area (Å²) in [4.78, 5) is 6.19. The molecule has 1 aromatic carbocycles. The molecule has 3 rings (SSSR count). The third-order valence-electron chi connectivity index (χ3n) is 2.91. The lowest BCUT2D eigenvalue weighted by molar-refractivity contribution is 0.474. The Labute approximate surface area is 110 Å². The molecule has 2 heterocycles. The lowest BCUT2D eigenvalue weighted by Crippen LogP contribution is -2.10. The van der Waals surface area contributed by atoms with Gasteiger partial charge < -0.3 is 10.0 Å². The van der Waals surface area contributed by atoms with E-state index in [9.17, 15) is 5.11 Å². The fourth-order valence-electron chi connectivity index (χ4n) is 2.06. The van der Waals surface area contributed by atoms with E-state index in [1.165, 1.54) is 6.20 Å². The van der Waals surface area contributed by atoms with Crippen molar-refractivity contribution in [2.75, 3.05) is 19.0 Å². The molecule has 1 N–H and O–H groups in total. The molecule has 0 aliphatic heterocycles. The molecule has 0 spiro atoms. The molecule has 0 fully saturated rings. The van der Waals surface area contributed by atoms with Crippen LogP contribution in [0, 0.1) is 0 Å². The molecule has 19 heavy (non-hydrogen) atoms. The van der Waals surface area contributed by atoms with Crippen molar-refractivity contribution in [3.63, 3.8) is 0 Å². The molecular weight excluding hydrogens is 240 g/mol. The van der Waals surface area contributed by atoms with E-state index in [-0.39, 0.29) is 5.75 Å². The van der Waals surface area contributed by atoms with Crippen LogP contribution in [0.3, 0.4) is 0 Å². The van der Waals surface area contributed by atoms with Gasteiger partial charge in [0.25, 0.3) is 0 Å². The maximum atomic E-state index is 9.60. The molecule has 0 aliphatic rings. The first-order chi connectivity index (χ1) is 9.16. The summed E-state index contributed by atoms with van der Waals surface area (Å²) in [6.07, 6.45) is 1.43. The Morgan fingerprint density at radius 2 is 1.89 bits per heavy atom. The molecular formula is C14H14N4O. The van der Waals surface area contributed by atoms with Crippen LogP contribution in [-0.4, -0.2) is 34.0 Å². The molecule has 0 amide bonds. The number of hydrogen-bond donors (Lipinski definition) is 1. The topological polar surface area (TPSA) is 54.2 Å². The third kappa shape index (κ3) is 1.89. The van der Waals surface area contributed by atoms with E-state index in [1.807, 2.05) is 49.3 Å². The highest BCUT2D eigenvalue weighted by molar-refractivity contribution is 5.89. The van der Waals surface area contributed by atoms with Gasteiger partial charge in [0.05, 0.1) is 17.3 Å². The van der Waals surface area contributed by atoms with Gasteiger partial charge in [-0.15, -0.1) is 5.10 Å². The number of para-hydroxylation sites is 1. The zero-order valence-electron chi connectivity index (χ0n) is 10.8. The fraction of sp³-hybridized carbons (Fsp3) is 0.143. The number of aromatic hydroxyl groups is 1. The predicted octanol–water partition coefficient (Wildman–Crippen LogP) is 2.19. The molecule has 0 aliphatic carbocycles. The second-order valence-corrected chi connectivity index (χ2v) is 4.53. The van der Waals surface area contributed by atoms with E-state index in [0.717, 1.165) is 22.5 Å². The van der Waals surface area contributed by atoms with Crippen LogP contribution in [-0.2, 0) is 0 Å². The lowest BCUT2D eigenvalue weighted by Gasteiger charge is -2.07. The average Bonchev–Trinajstić information content (AvgIpc) is 2.78. The summed E-state index contributed by atoms with van der Waals surface area (Å²) in [6.45, 7) is 0. The molecule has 2 aromatic heterocycles. The molecule has 5 heteroatoms. The van der Waals surface area contributed by atoms with E-state index < -0.39 is 0 Å². The molecule has 0 atom stereocenters. The van der Waals surface area contributed by atoms with Crippen molar-refractivity contribution in [3.8, 4) is 11.4 Å². The summed E-state index contributed by atoms with van der Waals surface area (Å²) in [5.41, 5.74) is 1.67. The lowest BCUT2D eigenvalue weighted by atomic mass is 10.3. The van der Waals surface area contributed by atoms with E-state index >= 15 is 0 Å². The molecule has 0 saturated heterocycles. The van der Waals surface area contributed by atoms with Crippen LogP contribution >= 0.6 is 0 Å². The van der Waals surface area contributed by atoms with Gasteiger partial charge in [-0.2, -0.15) is 0 Å². The third-order valence-corrected chi connectivity index (χ3v) is 2.91. The number of pyridine rings is 1. The second-order valence-electron chi connectivity index (χ2n) is 4.53. The van der Waals surface area contributed by atoms with Crippen molar-refractivity contribution in [3.05, 3.63) is 42.6 Å². The Hall–Kier alpha value is -2.56. The van der Waals surface area contributed by atoms with Gasteiger partial charge in [0.2, 0.25) is 0 Å². The number of rotatable bonds is 2. The minimum absolute atomic E-state index is 0.142. The number of nitrogens with zero attached hydrogens (tertiary/aromatic N) is 4. The predicted molar refractivity (Wildman–Crippen MR) is 74.9 cm³/mol. The van der Waals surface area contributed by atoms with Crippen LogP contribution in [0.2, 0.25) is 0 Å². The van der Waals surface area contributed by atoms with Gasteiger partial charge in [0, 0.05) is 14.1 Å². The molecule has 3 aromatic rings. The standard InChI is InChI=1S/C14H14N4O/c1-17(2)14-12-8-11(19)9-15-13(12)18(16-14)10-6-4-3-5-7-10/h3-9,19H,1-2H3. The smallest absolute Gasteiger partial charge is 0.165 e. The summed E-state index contributed by atoms with van der Waals surface area (Å²) < 4.78 is 1.78. The highest BCUT2D eigenvalue weighted by Crippen LogP contribution is 2.28. The Kier molecular flexibility index (Phi) is 2.59. The zero-order valence-corrected chi connectivity index (χ0v) is 10.8. The van der Waals surface area contributed by atoms with E-state index in [4.69, 9.17) is 0 Å². The van der Waals surface area contributed by atoms with Gasteiger partial charge in [-0.05, 0) is 18.2 Å². The molecule has 0 bridgehead atoms. The monoisotopic (exact) mass is 254 g/mol. The number of fused-ring (bicyclic) bond motifs is 1. The van der Waals surface area contributed by atoms with Gasteiger partial charge in [0.15, 0.2) is 11.5 Å². The maximum absolute atomic E-state index is 9.60. The summed E-state index contributed by atoms with van der Waals surface area (Å²) in [6, 6.07) is 11.5. The van der Waals surface area contributed by atoms with Crippen LogP contribution in [0.1, 0.15) is 0 Å². The molecule has 96 valence electrons. The van der Waals surface area contributed by atoms with Crippen LogP contribution in [0.4, 0.5) is 5.82 Å². The summed E-state index contributed by atoms with van der Waals surface area (Å²) in [5, 5.41) is 15.0. The van der Waals surface area contributed by atoms with Crippen molar-refractivity contribution >= 4 is 16.9 Å². The number of anilines is 1. The highest BCUT2D eigenvalue weighted by Gasteiger charge is 2.14. The Morgan fingerprint density at radius 3 is 2.58 bits per heavy atom. The van der Waals surface area contributed by atoms with Gasteiger partial charge in [0.1, 0.15) is 5.75 Å². The summed E-state index contributed by atoms with van der Waals surface area (Å²) in [5.74, 6) is 0.922. The maximum Gasteiger partial charge on any atom is 0.165 e. The van der Waals surface area contributed by atoms with Crippen LogP contribution < -0.4 is 4.90 Å². The van der Waals surface area contributed by atoms with Crippen molar-refractivity contribution in [2.45, 2.75) is 0 Å². The summed E-state index contributed by atoms with van der Waals surface area (Å²) in [7, 11) is 3.84. The van der Waals surface area contributed by atoms with E-state index in [1.54, 1.807) is 10.7 Å². The first kappa shape index (κ1) is 11.5. The first-order valence-corrected chi connectivity index (χ1v) is 5.97. The number of benzene rings is 1. The van der Waals surface area contributed by atoms with Crippen molar-refractivity contribution in [1.82, 2.24) is 14.8 Å². The average molecular weight is 254 g/mol. The molecule has 5 nitrogen and oxygen atoms in total. The van der Waals surface area contributed by atoms with Crippen LogP contribution in [0.15, 0.2) is 42.6 Å². The minimum atomic E-state index is 0.142. The SMILES string of the molecule is CN(C)c1nn(-c2ccccc2)c2ncc(O)cc12. The Morgan fingerprint density at radius 1 is 1.16 bits per heavy atom. The number of aromatic nitrogens is 3. The van der Waals surface area contributed by atoms with Gasteiger partial charge in [-0.25, -0.2) is 9.67 Å². The van der Waals surface area contributed by atoms with E-state index in [0.29, 0.717) is 0 Å². The molecule has 0 radical (unpaired) electrons.